The van der Waals surface area contributed by atoms with E-state index >= 15 is 0 Å². The van der Waals surface area contributed by atoms with Crippen LogP contribution < -0.4 is 5.32 Å². The van der Waals surface area contributed by atoms with E-state index in [4.69, 9.17) is 0 Å². The van der Waals surface area contributed by atoms with E-state index in [9.17, 15) is 13.2 Å². The second-order valence-corrected chi connectivity index (χ2v) is 4.08. The lowest BCUT2D eigenvalue weighted by molar-refractivity contribution is -0.212. The number of benzene rings is 1. The fraction of sp³-hybridized carbons (Fsp3) is 0.500. The predicted octanol–water partition coefficient (Wildman–Crippen LogP) is 3.32. The van der Waals surface area contributed by atoms with Gasteiger partial charge in [-0.15, -0.1) is 0 Å². The van der Waals surface area contributed by atoms with Crippen molar-refractivity contribution in [2.75, 3.05) is 7.05 Å². The van der Waals surface area contributed by atoms with Crippen LogP contribution in [0.25, 0.3) is 0 Å². The minimum atomic E-state index is -4.32. The van der Waals surface area contributed by atoms with Gasteiger partial charge in [-0.3, -0.25) is 0 Å². The van der Waals surface area contributed by atoms with Crippen molar-refractivity contribution in [3.8, 4) is 0 Å². The summed E-state index contributed by atoms with van der Waals surface area (Å²) >= 11 is 0. The van der Waals surface area contributed by atoms with Gasteiger partial charge in [0.15, 0.2) is 0 Å². The largest absolute Gasteiger partial charge is 0.411 e. The molecule has 1 atom stereocenters. The molecule has 0 saturated carbocycles. The van der Waals surface area contributed by atoms with Crippen molar-refractivity contribution in [3.63, 3.8) is 0 Å². The lowest BCUT2D eigenvalue weighted by atomic mass is 9.79. The molecule has 0 aliphatic heterocycles. The summed E-state index contributed by atoms with van der Waals surface area (Å²) < 4.78 is 39.7. The zero-order valence-corrected chi connectivity index (χ0v) is 9.60. The van der Waals surface area contributed by atoms with Crippen LogP contribution in [0.3, 0.4) is 0 Å². The van der Waals surface area contributed by atoms with Crippen LogP contribution in [0, 0.1) is 5.92 Å². The first-order valence-electron chi connectivity index (χ1n) is 5.17. The van der Waals surface area contributed by atoms with E-state index < -0.39 is 17.6 Å². The standard InChI is InChI=1S/C12H16F3N/c1-9(2)11(16-3,12(13,14)15)10-7-5-4-6-8-10/h4-9,16H,1-3H3. The maximum atomic E-state index is 13.2. The minimum Gasteiger partial charge on any atom is -0.303 e. The SMILES string of the molecule is CNC(c1ccccc1)(C(C)C)C(F)(F)F. The zero-order valence-electron chi connectivity index (χ0n) is 9.60. The van der Waals surface area contributed by atoms with E-state index in [-0.39, 0.29) is 5.56 Å². The Labute approximate surface area is 93.7 Å². The summed E-state index contributed by atoms with van der Waals surface area (Å²) in [5.74, 6) is -0.583. The summed E-state index contributed by atoms with van der Waals surface area (Å²) in [5.41, 5.74) is -1.73. The molecular formula is C12H16F3N. The van der Waals surface area contributed by atoms with Gasteiger partial charge in [0.25, 0.3) is 0 Å². The van der Waals surface area contributed by atoms with Crippen LogP contribution in [0.4, 0.5) is 13.2 Å². The predicted molar refractivity (Wildman–Crippen MR) is 58.1 cm³/mol. The summed E-state index contributed by atoms with van der Waals surface area (Å²) in [6.45, 7) is 3.13. The molecule has 4 heteroatoms. The summed E-state index contributed by atoms with van der Waals surface area (Å²) in [5, 5.41) is 2.45. The Morgan fingerprint density at radius 2 is 1.56 bits per heavy atom. The number of alkyl halides is 3. The molecule has 0 amide bonds. The molecule has 0 radical (unpaired) electrons. The lowest BCUT2D eigenvalue weighted by Gasteiger charge is -2.39. The van der Waals surface area contributed by atoms with E-state index in [1.165, 1.54) is 19.2 Å². The molecule has 1 unspecified atom stereocenters. The summed E-state index contributed by atoms with van der Waals surface area (Å²) in [7, 11) is 1.35. The van der Waals surface area contributed by atoms with E-state index in [1.54, 1.807) is 32.0 Å². The molecule has 1 aromatic rings. The molecule has 0 fully saturated rings. The Balaban J connectivity index is 3.36. The highest BCUT2D eigenvalue weighted by Crippen LogP contribution is 2.43. The summed E-state index contributed by atoms with van der Waals surface area (Å²) in [6.07, 6.45) is -4.32. The average molecular weight is 231 g/mol. The van der Waals surface area contributed by atoms with Crippen LogP contribution in [0.2, 0.25) is 0 Å². The topological polar surface area (TPSA) is 12.0 Å². The first kappa shape index (κ1) is 13.0. The average Bonchev–Trinajstić information content (AvgIpc) is 2.18. The third-order valence-corrected chi connectivity index (χ3v) is 2.94. The molecule has 16 heavy (non-hydrogen) atoms. The monoisotopic (exact) mass is 231 g/mol. The molecular weight excluding hydrogens is 215 g/mol. The van der Waals surface area contributed by atoms with Crippen molar-refractivity contribution in [1.29, 1.82) is 0 Å². The number of hydrogen-bond donors (Lipinski definition) is 1. The molecule has 0 heterocycles. The highest BCUT2D eigenvalue weighted by molar-refractivity contribution is 5.27. The highest BCUT2D eigenvalue weighted by atomic mass is 19.4. The molecule has 1 N–H and O–H groups in total. The smallest absolute Gasteiger partial charge is 0.303 e. The molecule has 0 saturated heterocycles. The van der Waals surface area contributed by atoms with E-state index in [1.807, 2.05) is 0 Å². The van der Waals surface area contributed by atoms with Crippen molar-refractivity contribution < 1.29 is 13.2 Å². The van der Waals surface area contributed by atoms with Gasteiger partial charge in [-0.2, -0.15) is 13.2 Å². The van der Waals surface area contributed by atoms with Gasteiger partial charge in [0.05, 0.1) is 0 Å². The van der Waals surface area contributed by atoms with E-state index in [2.05, 4.69) is 5.32 Å². The third-order valence-electron chi connectivity index (χ3n) is 2.94. The van der Waals surface area contributed by atoms with Gasteiger partial charge >= 0.3 is 6.18 Å². The Kier molecular flexibility index (Phi) is 3.63. The van der Waals surface area contributed by atoms with Crippen LogP contribution in [-0.2, 0) is 5.54 Å². The molecule has 0 aliphatic carbocycles. The molecule has 0 spiro atoms. The number of hydrogen-bond acceptors (Lipinski definition) is 1. The number of halogens is 3. The molecule has 90 valence electrons. The van der Waals surface area contributed by atoms with Gasteiger partial charge in [-0.25, -0.2) is 0 Å². The molecule has 1 rings (SSSR count). The molecule has 0 aliphatic rings. The fourth-order valence-corrected chi connectivity index (χ4v) is 2.10. The van der Waals surface area contributed by atoms with Crippen molar-refractivity contribution >= 4 is 0 Å². The van der Waals surface area contributed by atoms with Crippen LogP contribution >= 0.6 is 0 Å². The Bertz CT molecular complexity index is 332. The first-order chi connectivity index (χ1) is 7.36. The molecule has 1 nitrogen and oxygen atoms in total. The van der Waals surface area contributed by atoms with Gasteiger partial charge in [0, 0.05) is 0 Å². The Morgan fingerprint density at radius 1 is 1.06 bits per heavy atom. The van der Waals surface area contributed by atoms with Crippen LogP contribution in [0.15, 0.2) is 30.3 Å². The second kappa shape index (κ2) is 4.45. The Morgan fingerprint density at radius 3 is 1.88 bits per heavy atom. The molecule has 1 aromatic carbocycles. The summed E-state index contributed by atoms with van der Waals surface area (Å²) in [6, 6.07) is 7.96. The fourth-order valence-electron chi connectivity index (χ4n) is 2.10. The lowest BCUT2D eigenvalue weighted by Crippen LogP contribution is -2.56. The van der Waals surface area contributed by atoms with Gasteiger partial charge < -0.3 is 5.32 Å². The van der Waals surface area contributed by atoms with E-state index in [0.717, 1.165) is 0 Å². The van der Waals surface area contributed by atoms with Crippen LogP contribution in [0.1, 0.15) is 19.4 Å². The zero-order chi connectivity index (χ0) is 12.4. The Hall–Kier alpha value is -1.03. The normalized spacial score (nSPS) is 16.2. The van der Waals surface area contributed by atoms with Gasteiger partial charge in [-0.05, 0) is 18.5 Å². The molecule has 0 aromatic heterocycles. The van der Waals surface area contributed by atoms with Gasteiger partial charge in [0.1, 0.15) is 5.54 Å². The second-order valence-electron chi connectivity index (χ2n) is 4.08. The maximum absolute atomic E-state index is 13.2. The first-order valence-corrected chi connectivity index (χ1v) is 5.17. The number of nitrogens with one attached hydrogen (secondary N) is 1. The minimum absolute atomic E-state index is 0.250. The maximum Gasteiger partial charge on any atom is 0.411 e. The van der Waals surface area contributed by atoms with Crippen molar-refractivity contribution in [2.45, 2.75) is 25.6 Å². The van der Waals surface area contributed by atoms with Crippen molar-refractivity contribution in [2.24, 2.45) is 5.92 Å². The van der Waals surface area contributed by atoms with Crippen molar-refractivity contribution in [3.05, 3.63) is 35.9 Å². The summed E-state index contributed by atoms with van der Waals surface area (Å²) in [4.78, 5) is 0. The van der Waals surface area contributed by atoms with Crippen LogP contribution in [-0.4, -0.2) is 13.2 Å². The quantitative estimate of drug-likeness (QED) is 0.841. The molecule has 0 bridgehead atoms. The van der Waals surface area contributed by atoms with Gasteiger partial charge in [0.2, 0.25) is 0 Å². The number of rotatable bonds is 3. The van der Waals surface area contributed by atoms with E-state index in [0.29, 0.717) is 0 Å². The van der Waals surface area contributed by atoms with Crippen LogP contribution in [0.5, 0.6) is 0 Å². The third kappa shape index (κ3) is 1.94. The van der Waals surface area contributed by atoms with Crippen molar-refractivity contribution in [1.82, 2.24) is 5.32 Å². The van der Waals surface area contributed by atoms with Gasteiger partial charge in [-0.1, -0.05) is 44.2 Å². The highest BCUT2D eigenvalue weighted by Gasteiger charge is 2.56.